The lowest BCUT2D eigenvalue weighted by atomic mass is 10.5. The Kier molecular flexibility index (Phi) is 3.27. The van der Waals surface area contributed by atoms with E-state index in [1.165, 1.54) is 17.5 Å². The van der Waals surface area contributed by atoms with Crippen molar-refractivity contribution < 1.29 is 8.42 Å². The molecule has 0 radical (unpaired) electrons. The molecule has 6 nitrogen and oxygen atoms in total. The fraction of sp³-hybridized carbons (Fsp3) is 0.333. The van der Waals surface area contributed by atoms with Crippen LogP contribution in [0.4, 0.5) is 0 Å². The van der Waals surface area contributed by atoms with Gasteiger partial charge in [0.1, 0.15) is 4.90 Å². The monoisotopic (exact) mass is 272 g/mol. The molecule has 2 heterocycles. The maximum Gasteiger partial charge on any atom is 0.244 e. The van der Waals surface area contributed by atoms with Gasteiger partial charge >= 0.3 is 0 Å². The van der Waals surface area contributed by atoms with Crippen LogP contribution in [-0.2, 0) is 16.6 Å². The minimum absolute atomic E-state index is 0.179. The van der Waals surface area contributed by atoms with Crippen molar-refractivity contribution in [1.29, 1.82) is 0 Å². The first-order chi connectivity index (χ1) is 7.99. The summed E-state index contributed by atoms with van der Waals surface area (Å²) in [5.41, 5.74) is 0.526. The first kappa shape index (κ1) is 12.2. The van der Waals surface area contributed by atoms with E-state index in [2.05, 4.69) is 19.9 Å². The summed E-state index contributed by atoms with van der Waals surface area (Å²) in [5, 5.41) is 7.21. The van der Waals surface area contributed by atoms with Gasteiger partial charge in [0.2, 0.25) is 10.0 Å². The highest BCUT2D eigenvalue weighted by Crippen LogP contribution is 2.14. The minimum atomic E-state index is -3.50. The molecule has 0 saturated heterocycles. The van der Waals surface area contributed by atoms with Gasteiger partial charge in [0.25, 0.3) is 0 Å². The number of aromatic nitrogens is 3. The number of nitrogens with one attached hydrogen (secondary N) is 2. The lowest BCUT2D eigenvalue weighted by Crippen LogP contribution is -2.23. The molecular weight excluding hydrogens is 260 g/mol. The summed E-state index contributed by atoms with van der Waals surface area (Å²) in [6.07, 6.45) is 2.97. The predicted molar refractivity (Wildman–Crippen MR) is 64.2 cm³/mol. The molecule has 0 bridgehead atoms. The van der Waals surface area contributed by atoms with E-state index in [-0.39, 0.29) is 11.4 Å². The second kappa shape index (κ2) is 4.55. The average Bonchev–Trinajstić information content (AvgIpc) is 2.85. The Morgan fingerprint density at radius 3 is 2.71 bits per heavy atom. The second-order valence-electron chi connectivity index (χ2n) is 3.53. The van der Waals surface area contributed by atoms with Crippen LogP contribution in [0.3, 0.4) is 0 Å². The van der Waals surface area contributed by atoms with Gasteiger partial charge in [-0.1, -0.05) is 0 Å². The Bertz CT molecular complexity index is 614. The number of rotatable bonds is 4. The molecular formula is C9H12N4O2S2. The molecule has 8 heteroatoms. The largest absolute Gasteiger partial charge is 0.281 e. The van der Waals surface area contributed by atoms with Gasteiger partial charge in [0.15, 0.2) is 0 Å². The first-order valence-electron chi connectivity index (χ1n) is 4.90. The number of aryl methyl sites for hydroxylation is 2. The van der Waals surface area contributed by atoms with Crippen LogP contribution in [0.15, 0.2) is 17.3 Å². The Morgan fingerprint density at radius 2 is 2.18 bits per heavy atom. The number of H-pyrrole nitrogens is 1. The van der Waals surface area contributed by atoms with Crippen LogP contribution in [0.2, 0.25) is 0 Å². The molecule has 2 rings (SSSR count). The number of thiazole rings is 1. The Morgan fingerprint density at radius 1 is 1.41 bits per heavy atom. The summed E-state index contributed by atoms with van der Waals surface area (Å²) in [7, 11) is -3.50. The average molecular weight is 272 g/mol. The van der Waals surface area contributed by atoms with Crippen LogP contribution in [-0.4, -0.2) is 23.6 Å². The molecule has 0 saturated carbocycles. The zero-order chi connectivity index (χ0) is 12.5. The number of hydrogen-bond acceptors (Lipinski definition) is 5. The zero-order valence-corrected chi connectivity index (χ0v) is 11.0. The minimum Gasteiger partial charge on any atom is -0.281 e. The van der Waals surface area contributed by atoms with E-state index in [1.807, 2.05) is 6.92 Å². The van der Waals surface area contributed by atoms with Gasteiger partial charge in [-0.2, -0.15) is 5.10 Å². The van der Waals surface area contributed by atoms with Crippen LogP contribution >= 0.6 is 11.3 Å². The van der Waals surface area contributed by atoms with Crippen LogP contribution < -0.4 is 4.72 Å². The summed E-state index contributed by atoms with van der Waals surface area (Å²) >= 11 is 1.47. The third kappa shape index (κ3) is 2.71. The molecule has 0 atom stereocenters. The molecule has 2 N–H and O–H groups in total. The van der Waals surface area contributed by atoms with Crippen molar-refractivity contribution in [2.24, 2.45) is 0 Å². The van der Waals surface area contributed by atoms with Crippen LogP contribution in [0.25, 0.3) is 0 Å². The topological polar surface area (TPSA) is 87.7 Å². The number of nitrogens with zero attached hydrogens (tertiary/aromatic N) is 2. The van der Waals surface area contributed by atoms with Crippen molar-refractivity contribution >= 4 is 21.4 Å². The zero-order valence-electron chi connectivity index (χ0n) is 9.39. The summed E-state index contributed by atoms with van der Waals surface area (Å²) in [4.78, 5) is 5.12. The van der Waals surface area contributed by atoms with Crippen molar-refractivity contribution in [3.63, 3.8) is 0 Å². The van der Waals surface area contributed by atoms with Gasteiger partial charge < -0.3 is 0 Å². The number of sulfonamides is 1. The van der Waals surface area contributed by atoms with Crippen molar-refractivity contribution in [3.05, 3.63) is 28.0 Å². The highest BCUT2D eigenvalue weighted by Gasteiger charge is 2.18. The van der Waals surface area contributed by atoms with Gasteiger partial charge in [-0.15, -0.1) is 11.3 Å². The summed E-state index contributed by atoms with van der Waals surface area (Å²) < 4.78 is 26.3. The van der Waals surface area contributed by atoms with E-state index in [1.54, 1.807) is 13.1 Å². The molecule has 0 unspecified atom stereocenters. The fourth-order valence-corrected chi connectivity index (χ4v) is 3.31. The lowest BCUT2D eigenvalue weighted by molar-refractivity contribution is 0.581. The second-order valence-corrected chi connectivity index (χ2v) is 6.58. The Balaban J connectivity index is 2.11. The van der Waals surface area contributed by atoms with Crippen molar-refractivity contribution in [1.82, 2.24) is 19.9 Å². The van der Waals surface area contributed by atoms with E-state index in [9.17, 15) is 8.42 Å². The smallest absolute Gasteiger partial charge is 0.244 e. The maximum absolute atomic E-state index is 11.9. The van der Waals surface area contributed by atoms with Crippen LogP contribution in [0.5, 0.6) is 0 Å². The van der Waals surface area contributed by atoms with Gasteiger partial charge in [0, 0.05) is 17.6 Å². The molecule has 0 aliphatic heterocycles. The van der Waals surface area contributed by atoms with Crippen molar-refractivity contribution in [2.75, 3.05) is 0 Å². The highest BCUT2D eigenvalue weighted by atomic mass is 32.2. The molecule has 2 aromatic heterocycles. The van der Waals surface area contributed by atoms with Crippen LogP contribution in [0.1, 0.15) is 15.6 Å². The molecule has 0 spiro atoms. The quantitative estimate of drug-likeness (QED) is 0.867. The van der Waals surface area contributed by atoms with E-state index in [4.69, 9.17) is 0 Å². The van der Waals surface area contributed by atoms with E-state index in [0.717, 1.165) is 9.88 Å². The SMILES string of the molecule is Cc1ncc(CNS(=O)(=O)c2cn[nH]c2C)s1. The number of aromatic amines is 1. The van der Waals surface area contributed by atoms with Gasteiger partial charge in [-0.25, -0.2) is 18.1 Å². The predicted octanol–water partition coefficient (Wildman–Crippen LogP) is 0.962. The summed E-state index contributed by atoms with van der Waals surface area (Å²) in [6.45, 7) is 3.79. The van der Waals surface area contributed by atoms with E-state index < -0.39 is 10.0 Å². The van der Waals surface area contributed by atoms with E-state index >= 15 is 0 Å². The van der Waals surface area contributed by atoms with Crippen LogP contribution in [0, 0.1) is 13.8 Å². The van der Waals surface area contributed by atoms with Crippen molar-refractivity contribution in [2.45, 2.75) is 25.3 Å². The number of hydrogen-bond donors (Lipinski definition) is 2. The van der Waals surface area contributed by atoms with Gasteiger partial charge in [0.05, 0.1) is 16.9 Å². The van der Waals surface area contributed by atoms with E-state index in [0.29, 0.717) is 5.69 Å². The molecule has 0 fully saturated rings. The Labute approximate surface area is 103 Å². The van der Waals surface area contributed by atoms with Gasteiger partial charge in [-0.05, 0) is 13.8 Å². The first-order valence-corrected chi connectivity index (χ1v) is 7.20. The molecule has 2 aromatic rings. The molecule has 0 aliphatic rings. The molecule has 0 amide bonds. The van der Waals surface area contributed by atoms with Crippen molar-refractivity contribution in [3.8, 4) is 0 Å². The molecule has 17 heavy (non-hydrogen) atoms. The highest BCUT2D eigenvalue weighted by molar-refractivity contribution is 7.89. The normalized spacial score (nSPS) is 11.9. The third-order valence-electron chi connectivity index (χ3n) is 2.18. The Hall–Kier alpha value is -1.25. The lowest BCUT2D eigenvalue weighted by Gasteiger charge is -2.03. The summed E-state index contributed by atoms with van der Waals surface area (Å²) in [6, 6.07) is 0. The molecule has 92 valence electrons. The standard InChI is InChI=1S/C9H12N4O2S2/c1-6-9(5-11-13-6)17(14,15)12-4-8-3-10-7(2)16-8/h3,5,12H,4H2,1-2H3,(H,11,13). The molecule has 0 aliphatic carbocycles. The fourth-order valence-electron chi connectivity index (χ4n) is 1.34. The summed E-state index contributed by atoms with van der Waals surface area (Å²) in [5.74, 6) is 0. The molecule has 0 aromatic carbocycles. The maximum atomic E-state index is 11.9. The third-order valence-corrected chi connectivity index (χ3v) is 4.61. The van der Waals surface area contributed by atoms with Gasteiger partial charge in [-0.3, -0.25) is 5.10 Å².